The number of benzene rings is 3. The standard InChI is InChI=1S/C27H24ClF2N5O/c1-14-6-16(10-18(29)7-14)25-26(35-4-2-20(31)3-5-35)22-12-21(23(28)13-24(22)33-34-25)15-8-17(27(32)36)11-19(30)9-15/h6-13,20H,2-5,31H2,1H3,(H2,32,36). The Bertz CT molecular complexity index is 1480. The molecular formula is C27H24ClF2N5O. The molecule has 184 valence electrons. The van der Waals surface area contributed by atoms with Gasteiger partial charge >= 0.3 is 0 Å². The summed E-state index contributed by atoms with van der Waals surface area (Å²) >= 11 is 6.59. The third-order valence-corrected chi connectivity index (χ3v) is 6.80. The molecule has 9 heteroatoms. The fourth-order valence-corrected chi connectivity index (χ4v) is 5.00. The first-order valence-electron chi connectivity index (χ1n) is 11.6. The first-order chi connectivity index (χ1) is 17.2. The summed E-state index contributed by atoms with van der Waals surface area (Å²) in [5.74, 6) is -1.71. The van der Waals surface area contributed by atoms with Gasteiger partial charge in [0, 0.05) is 41.2 Å². The van der Waals surface area contributed by atoms with E-state index in [9.17, 15) is 13.6 Å². The number of nitrogens with two attached hydrogens (primary N) is 2. The predicted octanol–water partition coefficient (Wildman–Crippen LogP) is 5.23. The number of aryl methyl sites for hydroxylation is 1. The van der Waals surface area contributed by atoms with Crippen LogP contribution in [-0.4, -0.2) is 35.2 Å². The van der Waals surface area contributed by atoms with Crippen LogP contribution in [0.5, 0.6) is 0 Å². The molecule has 0 bridgehead atoms. The second-order valence-electron chi connectivity index (χ2n) is 9.18. The lowest BCUT2D eigenvalue weighted by Gasteiger charge is -2.33. The van der Waals surface area contributed by atoms with E-state index in [1.165, 1.54) is 24.3 Å². The van der Waals surface area contributed by atoms with Gasteiger partial charge in [-0.05, 0) is 79.4 Å². The first-order valence-corrected chi connectivity index (χ1v) is 12.0. The minimum Gasteiger partial charge on any atom is -0.369 e. The number of anilines is 1. The van der Waals surface area contributed by atoms with Crippen LogP contribution in [0, 0.1) is 18.6 Å². The zero-order valence-corrected chi connectivity index (χ0v) is 20.3. The van der Waals surface area contributed by atoms with Gasteiger partial charge in [-0.2, -0.15) is 0 Å². The molecule has 1 fully saturated rings. The van der Waals surface area contributed by atoms with E-state index >= 15 is 0 Å². The molecule has 1 aromatic heterocycles. The molecule has 0 spiro atoms. The lowest BCUT2D eigenvalue weighted by Crippen LogP contribution is -2.40. The summed E-state index contributed by atoms with van der Waals surface area (Å²) < 4.78 is 28.7. The molecule has 4 aromatic rings. The van der Waals surface area contributed by atoms with Crippen LogP contribution in [0.15, 0.2) is 48.5 Å². The largest absolute Gasteiger partial charge is 0.369 e. The maximum atomic E-state index is 14.4. The number of hydrogen-bond acceptors (Lipinski definition) is 5. The summed E-state index contributed by atoms with van der Waals surface area (Å²) in [6.45, 7) is 3.19. The van der Waals surface area contributed by atoms with Gasteiger partial charge in [0.1, 0.15) is 17.3 Å². The van der Waals surface area contributed by atoms with Crippen molar-refractivity contribution in [3.8, 4) is 22.4 Å². The average Bonchev–Trinajstić information content (AvgIpc) is 2.82. The molecular weight excluding hydrogens is 484 g/mol. The molecule has 0 saturated carbocycles. The van der Waals surface area contributed by atoms with Crippen LogP contribution in [0.2, 0.25) is 5.02 Å². The topological polar surface area (TPSA) is 98.1 Å². The molecule has 4 N–H and O–H groups in total. The molecule has 0 atom stereocenters. The van der Waals surface area contributed by atoms with Crippen molar-refractivity contribution in [2.45, 2.75) is 25.8 Å². The number of amides is 1. The second kappa shape index (κ2) is 9.44. The van der Waals surface area contributed by atoms with Crippen molar-refractivity contribution in [3.63, 3.8) is 0 Å². The summed E-state index contributed by atoms with van der Waals surface area (Å²) in [6, 6.07) is 12.2. The number of hydrogen-bond donors (Lipinski definition) is 2. The number of nitrogens with zero attached hydrogens (tertiary/aromatic N) is 3. The smallest absolute Gasteiger partial charge is 0.248 e. The van der Waals surface area contributed by atoms with E-state index < -0.39 is 11.7 Å². The minimum atomic E-state index is -0.743. The fraction of sp³-hybridized carbons (Fsp3) is 0.222. The van der Waals surface area contributed by atoms with Crippen LogP contribution in [-0.2, 0) is 0 Å². The highest BCUT2D eigenvalue weighted by atomic mass is 35.5. The van der Waals surface area contributed by atoms with E-state index in [1.54, 1.807) is 6.07 Å². The summed E-state index contributed by atoms with van der Waals surface area (Å²) in [7, 11) is 0. The molecule has 6 nitrogen and oxygen atoms in total. The molecule has 36 heavy (non-hydrogen) atoms. The SMILES string of the molecule is Cc1cc(F)cc(-c2nnc3cc(Cl)c(-c4cc(F)cc(C(N)=O)c4)cc3c2N2CCC(N)CC2)c1. The summed E-state index contributed by atoms with van der Waals surface area (Å²) in [4.78, 5) is 13.9. The van der Waals surface area contributed by atoms with Crippen molar-refractivity contribution >= 4 is 34.1 Å². The quantitative estimate of drug-likeness (QED) is 0.394. The fourth-order valence-electron chi connectivity index (χ4n) is 4.73. The Morgan fingerprint density at radius 2 is 1.67 bits per heavy atom. The van der Waals surface area contributed by atoms with Crippen LogP contribution in [0.25, 0.3) is 33.3 Å². The zero-order chi connectivity index (χ0) is 25.6. The van der Waals surface area contributed by atoms with Crippen LogP contribution < -0.4 is 16.4 Å². The van der Waals surface area contributed by atoms with Gasteiger partial charge in [0.2, 0.25) is 5.91 Å². The normalized spacial score (nSPS) is 14.4. The highest BCUT2D eigenvalue weighted by molar-refractivity contribution is 6.34. The van der Waals surface area contributed by atoms with E-state index in [4.69, 9.17) is 23.1 Å². The maximum Gasteiger partial charge on any atom is 0.248 e. The molecule has 0 unspecified atom stereocenters. The lowest BCUT2D eigenvalue weighted by atomic mass is 9.97. The highest BCUT2D eigenvalue weighted by Crippen LogP contribution is 2.41. The van der Waals surface area contributed by atoms with Crippen molar-refractivity contribution in [1.82, 2.24) is 10.2 Å². The third-order valence-electron chi connectivity index (χ3n) is 6.49. The van der Waals surface area contributed by atoms with Crippen LogP contribution >= 0.6 is 11.6 Å². The molecule has 1 aliphatic heterocycles. The Balaban J connectivity index is 1.78. The van der Waals surface area contributed by atoms with Gasteiger partial charge in [0.15, 0.2) is 0 Å². The average molecular weight is 508 g/mol. The molecule has 1 saturated heterocycles. The Labute approximate surface area is 211 Å². The van der Waals surface area contributed by atoms with Gasteiger partial charge in [0.25, 0.3) is 0 Å². The molecule has 0 aliphatic carbocycles. The molecule has 2 heterocycles. The first kappa shape index (κ1) is 24.1. The second-order valence-corrected chi connectivity index (χ2v) is 9.59. The maximum absolute atomic E-state index is 14.4. The van der Waals surface area contributed by atoms with Crippen LogP contribution in [0.4, 0.5) is 14.5 Å². The molecule has 0 radical (unpaired) electrons. The molecule has 1 aliphatic rings. The number of piperidine rings is 1. The van der Waals surface area contributed by atoms with Crippen molar-refractivity contribution < 1.29 is 13.6 Å². The van der Waals surface area contributed by atoms with E-state index in [2.05, 4.69) is 15.1 Å². The van der Waals surface area contributed by atoms with Gasteiger partial charge in [-0.25, -0.2) is 8.78 Å². The minimum absolute atomic E-state index is 0.0372. The van der Waals surface area contributed by atoms with Crippen molar-refractivity contribution in [2.24, 2.45) is 11.5 Å². The number of aromatic nitrogens is 2. The molecule has 1 amide bonds. The third kappa shape index (κ3) is 4.62. The summed E-state index contributed by atoms with van der Waals surface area (Å²) in [5.41, 5.74) is 15.7. The van der Waals surface area contributed by atoms with E-state index in [0.717, 1.165) is 35.5 Å². The van der Waals surface area contributed by atoms with E-state index in [0.29, 0.717) is 46.0 Å². The summed E-state index contributed by atoms with van der Waals surface area (Å²) in [6.07, 6.45) is 1.58. The van der Waals surface area contributed by atoms with Crippen LogP contribution in [0.1, 0.15) is 28.8 Å². The number of primary amides is 1. The van der Waals surface area contributed by atoms with Gasteiger partial charge in [-0.3, -0.25) is 4.79 Å². The summed E-state index contributed by atoms with van der Waals surface area (Å²) in [5, 5.41) is 9.91. The van der Waals surface area contributed by atoms with Gasteiger partial charge < -0.3 is 16.4 Å². The van der Waals surface area contributed by atoms with Gasteiger partial charge in [-0.1, -0.05) is 11.6 Å². The number of carbonyl (C=O) groups is 1. The Kier molecular flexibility index (Phi) is 6.32. The number of rotatable bonds is 4. The van der Waals surface area contributed by atoms with Crippen molar-refractivity contribution in [2.75, 3.05) is 18.0 Å². The van der Waals surface area contributed by atoms with Crippen LogP contribution in [0.3, 0.4) is 0 Å². The molecule has 3 aromatic carbocycles. The van der Waals surface area contributed by atoms with Crippen molar-refractivity contribution in [3.05, 3.63) is 76.3 Å². The van der Waals surface area contributed by atoms with Gasteiger partial charge in [0.05, 0.1) is 16.2 Å². The Morgan fingerprint density at radius 3 is 2.36 bits per heavy atom. The zero-order valence-electron chi connectivity index (χ0n) is 19.6. The Hall–Kier alpha value is -3.62. The van der Waals surface area contributed by atoms with E-state index in [-0.39, 0.29) is 17.4 Å². The highest BCUT2D eigenvalue weighted by Gasteiger charge is 2.24. The monoisotopic (exact) mass is 507 g/mol. The van der Waals surface area contributed by atoms with E-state index in [1.807, 2.05) is 19.1 Å². The lowest BCUT2D eigenvalue weighted by molar-refractivity contribution is 0.1000. The van der Waals surface area contributed by atoms with Gasteiger partial charge in [-0.15, -0.1) is 10.2 Å². The number of carbonyl (C=O) groups excluding carboxylic acids is 1. The van der Waals surface area contributed by atoms with Crippen molar-refractivity contribution in [1.29, 1.82) is 0 Å². The predicted molar refractivity (Wildman–Crippen MR) is 138 cm³/mol. The Morgan fingerprint density at radius 1 is 0.972 bits per heavy atom. The number of halogens is 3. The molecule has 5 rings (SSSR count). The number of fused-ring (bicyclic) bond motifs is 1.